The van der Waals surface area contributed by atoms with E-state index in [-0.39, 0.29) is 12.4 Å². The molecule has 0 aliphatic carbocycles. The summed E-state index contributed by atoms with van der Waals surface area (Å²) in [6.45, 7) is 1.92. The van der Waals surface area contributed by atoms with Crippen molar-refractivity contribution in [1.82, 2.24) is 15.0 Å². The molecule has 6 heteroatoms. The van der Waals surface area contributed by atoms with Crippen LogP contribution >= 0.6 is 0 Å². The average molecular weight is 398 g/mol. The summed E-state index contributed by atoms with van der Waals surface area (Å²) in [5.41, 5.74) is 3.73. The van der Waals surface area contributed by atoms with Gasteiger partial charge in [-0.15, -0.1) is 0 Å². The first-order chi connectivity index (χ1) is 14.7. The van der Waals surface area contributed by atoms with Crippen molar-refractivity contribution in [1.29, 1.82) is 0 Å². The van der Waals surface area contributed by atoms with Crippen LogP contribution in [0.2, 0.25) is 0 Å². The van der Waals surface area contributed by atoms with E-state index in [9.17, 15) is 4.79 Å². The molecule has 2 heterocycles. The molecule has 2 aromatic heterocycles. The predicted molar refractivity (Wildman–Crippen MR) is 119 cm³/mol. The highest BCUT2D eigenvalue weighted by Gasteiger charge is 2.11. The number of nitrogens with zero attached hydrogens (tertiary/aromatic N) is 3. The number of carbonyl (C=O) groups excluding carboxylic acids is 1. The summed E-state index contributed by atoms with van der Waals surface area (Å²) in [7, 11) is 1.85. The third kappa shape index (κ3) is 4.12. The zero-order valence-corrected chi connectivity index (χ0v) is 16.9. The van der Waals surface area contributed by atoms with Gasteiger partial charge in [0.15, 0.2) is 11.6 Å². The van der Waals surface area contributed by atoms with Crippen LogP contribution in [0.1, 0.15) is 13.3 Å². The topological polar surface area (TPSA) is 77.0 Å². The van der Waals surface area contributed by atoms with Crippen LogP contribution in [-0.2, 0) is 4.79 Å². The molecule has 0 saturated heterocycles. The number of fused-ring (bicyclic) bond motifs is 1. The highest BCUT2D eigenvalue weighted by atomic mass is 16.5. The summed E-state index contributed by atoms with van der Waals surface area (Å²) < 4.78 is 5.63. The summed E-state index contributed by atoms with van der Waals surface area (Å²) >= 11 is 0. The smallest absolute Gasteiger partial charge is 0.169 e. The van der Waals surface area contributed by atoms with E-state index in [1.807, 2.05) is 62.5 Å². The Morgan fingerprint density at radius 1 is 1.00 bits per heavy atom. The van der Waals surface area contributed by atoms with Crippen LogP contribution in [0, 0.1) is 0 Å². The molecular weight excluding hydrogens is 376 g/mol. The van der Waals surface area contributed by atoms with Crippen LogP contribution < -0.4 is 10.1 Å². The molecule has 0 saturated carbocycles. The third-order valence-corrected chi connectivity index (χ3v) is 4.81. The van der Waals surface area contributed by atoms with Gasteiger partial charge in [0.2, 0.25) is 0 Å². The molecule has 2 aromatic carbocycles. The lowest BCUT2D eigenvalue weighted by Gasteiger charge is -2.11. The molecule has 30 heavy (non-hydrogen) atoms. The molecule has 4 aromatic rings. The minimum Gasteiger partial charge on any atom is -0.486 e. The standard InChI is InChI=1S/C24H22N4O2/c1-3-19(29)15-30-20-8-4-6-16(12-20)17-9-10-22-21(13-17)24(25-2)28-23(27-22)18-7-5-11-26-14-18/h4-14H,3,15H2,1-2H3,(H,25,27,28). The molecule has 0 radical (unpaired) electrons. The van der Waals surface area contributed by atoms with Gasteiger partial charge in [-0.25, -0.2) is 9.97 Å². The minimum atomic E-state index is 0.0753. The predicted octanol–water partition coefficient (Wildman–Crippen LogP) is 4.76. The molecular formula is C24H22N4O2. The Bertz CT molecular complexity index is 1190. The van der Waals surface area contributed by atoms with E-state index in [2.05, 4.69) is 21.4 Å². The second-order valence-corrected chi connectivity index (χ2v) is 6.83. The van der Waals surface area contributed by atoms with Gasteiger partial charge in [0.05, 0.1) is 5.52 Å². The third-order valence-electron chi connectivity index (χ3n) is 4.81. The highest BCUT2D eigenvalue weighted by Crippen LogP contribution is 2.30. The van der Waals surface area contributed by atoms with Gasteiger partial charge >= 0.3 is 0 Å². The Hall–Kier alpha value is -3.80. The van der Waals surface area contributed by atoms with E-state index in [1.165, 1.54) is 0 Å². The number of ketones is 1. The lowest BCUT2D eigenvalue weighted by Crippen LogP contribution is -2.09. The van der Waals surface area contributed by atoms with Gasteiger partial charge in [-0.2, -0.15) is 0 Å². The maximum Gasteiger partial charge on any atom is 0.169 e. The monoisotopic (exact) mass is 398 g/mol. The average Bonchev–Trinajstić information content (AvgIpc) is 2.82. The van der Waals surface area contributed by atoms with Crippen molar-refractivity contribution in [3.05, 3.63) is 67.0 Å². The van der Waals surface area contributed by atoms with Crippen molar-refractivity contribution in [2.24, 2.45) is 0 Å². The minimum absolute atomic E-state index is 0.0753. The van der Waals surface area contributed by atoms with E-state index < -0.39 is 0 Å². The normalized spacial score (nSPS) is 10.7. The van der Waals surface area contributed by atoms with E-state index in [4.69, 9.17) is 9.72 Å². The number of hydrogen-bond donors (Lipinski definition) is 1. The number of rotatable bonds is 7. The summed E-state index contributed by atoms with van der Waals surface area (Å²) in [4.78, 5) is 25.1. The van der Waals surface area contributed by atoms with Crippen LogP contribution in [0.5, 0.6) is 5.75 Å². The Labute approximate surface area is 175 Å². The first-order valence-corrected chi connectivity index (χ1v) is 9.83. The molecule has 4 rings (SSSR count). The number of ether oxygens (including phenoxy) is 1. The van der Waals surface area contributed by atoms with Crippen molar-refractivity contribution >= 4 is 22.5 Å². The lowest BCUT2D eigenvalue weighted by molar-refractivity contribution is -0.120. The van der Waals surface area contributed by atoms with Gasteiger partial charge < -0.3 is 10.1 Å². The number of benzene rings is 2. The molecule has 150 valence electrons. The Morgan fingerprint density at radius 3 is 2.60 bits per heavy atom. The number of hydrogen-bond acceptors (Lipinski definition) is 6. The van der Waals surface area contributed by atoms with Crippen LogP contribution in [0.25, 0.3) is 33.4 Å². The van der Waals surface area contributed by atoms with Gasteiger partial charge in [-0.05, 0) is 47.5 Å². The first-order valence-electron chi connectivity index (χ1n) is 9.83. The second-order valence-electron chi connectivity index (χ2n) is 6.83. The second kappa shape index (κ2) is 8.69. The fourth-order valence-electron chi connectivity index (χ4n) is 3.15. The van der Waals surface area contributed by atoms with Crippen molar-refractivity contribution in [3.8, 4) is 28.3 Å². The molecule has 0 aliphatic heterocycles. The highest BCUT2D eigenvalue weighted by molar-refractivity contribution is 5.94. The SMILES string of the molecule is CCC(=O)COc1cccc(-c2ccc3nc(-c4cccnc4)nc(NC)c3c2)c1. The van der Waals surface area contributed by atoms with Gasteiger partial charge in [0, 0.05) is 36.8 Å². The zero-order valence-electron chi connectivity index (χ0n) is 16.9. The molecule has 6 nitrogen and oxygen atoms in total. The number of carbonyl (C=O) groups is 1. The van der Waals surface area contributed by atoms with Gasteiger partial charge in [0.25, 0.3) is 0 Å². The van der Waals surface area contributed by atoms with E-state index in [0.717, 1.165) is 33.4 Å². The molecule has 0 atom stereocenters. The van der Waals surface area contributed by atoms with Crippen LogP contribution in [0.3, 0.4) is 0 Å². The van der Waals surface area contributed by atoms with Crippen LogP contribution in [0.15, 0.2) is 67.0 Å². The Kier molecular flexibility index (Phi) is 5.66. The number of pyridine rings is 1. The largest absolute Gasteiger partial charge is 0.486 e. The van der Waals surface area contributed by atoms with Gasteiger partial charge in [-0.1, -0.05) is 25.1 Å². The summed E-state index contributed by atoms with van der Waals surface area (Å²) in [5, 5.41) is 4.10. The fraction of sp³-hybridized carbons (Fsp3) is 0.167. The maximum absolute atomic E-state index is 11.5. The molecule has 0 spiro atoms. The van der Waals surface area contributed by atoms with Crippen LogP contribution in [-0.4, -0.2) is 34.4 Å². The van der Waals surface area contributed by atoms with Crippen molar-refractivity contribution < 1.29 is 9.53 Å². The Morgan fingerprint density at radius 2 is 1.83 bits per heavy atom. The summed E-state index contributed by atoms with van der Waals surface area (Å²) in [5.74, 6) is 2.13. The molecule has 1 N–H and O–H groups in total. The van der Waals surface area contributed by atoms with Crippen molar-refractivity contribution in [2.75, 3.05) is 19.0 Å². The lowest BCUT2D eigenvalue weighted by atomic mass is 10.0. The molecule has 0 aliphatic rings. The van der Waals surface area contributed by atoms with E-state index in [1.54, 1.807) is 12.4 Å². The molecule has 0 unspecified atom stereocenters. The first kappa shape index (κ1) is 19.5. The van der Waals surface area contributed by atoms with Gasteiger partial charge in [0.1, 0.15) is 18.2 Å². The zero-order chi connectivity index (χ0) is 20.9. The maximum atomic E-state index is 11.5. The quantitative estimate of drug-likeness (QED) is 0.484. The number of Topliss-reactive ketones (excluding diaryl/α,β-unsaturated/α-hetero) is 1. The number of nitrogens with one attached hydrogen (secondary N) is 1. The van der Waals surface area contributed by atoms with Crippen LogP contribution in [0.4, 0.5) is 5.82 Å². The van der Waals surface area contributed by atoms with Crippen molar-refractivity contribution in [2.45, 2.75) is 13.3 Å². The molecule has 0 fully saturated rings. The summed E-state index contributed by atoms with van der Waals surface area (Å²) in [6.07, 6.45) is 3.95. The summed E-state index contributed by atoms with van der Waals surface area (Å²) in [6, 6.07) is 17.6. The number of anilines is 1. The van der Waals surface area contributed by atoms with Gasteiger partial charge in [-0.3, -0.25) is 9.78 Å². The van der Waals surface area contributed by atoms with Crippen molar-refractivity contribution in [3.63, 3.8) is 0 Å². The molecule has 0 amide bonds. The molecule has 0 bridgehead atoms. The van der Waals surface area contributed by atoms with E-state index in [0.29, 0.717) is 18.0 Å². The van der Waals surface area contributed by atoms with E-state index >= 15 is 0 Å². The number of aromatic nitrogens is 3. The Balaban J connectivity index is 1.71. The fourth-order valence-corrected chi connectivity index (χ4v) is 3.15.